The molecule has 0 saturated heterocycles. The third-order valence-electron chi connectivity index (χ3n) is 2.84. The summed E-state index contributed by atoms with van der Waals surface area (Å²) < 4.78 is 37.9. The molecule has 0 atom stereocenters. The monoisotopic (exact) mass is 356 g/mol. The van der Waals surface area contributed by atoms with Crippen LogP contribution in [0.25, 0.3) is 0 Å². The maximum Gasteiger partial charge on any atom is 0.416 e. The number of halogens is 4. The van der Waals surface area contributed by atoms with Crippen molar-refractivity contribution < 1.29 is 22.8 Å². The van der Waals surface area contributed by atoms with E-state index < -0.39 is 24.3 Å². The van der Waals surface area contributed by atoms with Crippen LogP contribution in [0.5, 0.6) is 0 Å². The molecule has 0 heterocycles. The second-order valence-corrected chi connectivity index (χ2v) is 5.07. The summed E-state index contributed by atoms with van der Waals surface area (Å²) in [7, 11) is 0. The molecule has 2 rings (SSSR count). The molecule has 0 unspecified atom stereocenters. The van der Waals surface area contributed by atoms with E-state index in [0.29, 0.717) is 0 Å². The molecule has 0 radical (unpaired) electrons. The number of rotatable bonds is 5. The van der Waals surface area contributed by atoms with Crippen LogP contribution >= 0.6 is 11.6 Å². The van der Waals surface area contributed by atoms with Gasteiger partial charge in [-0.2, -0.15) is 13.2 Å². The van der Waals surface area contributed by atoms with Crippen molar-refractivity contribution in [2.24, 2.45) is 5.16 Å². The third-order valence-corrected chi connectivity index (χ3v) is 3.17. The number of alkyl halides is 3. The van der Waals surface area contributed by atoms with Gasteiger partial charge < -0.3 is 10.2 Å². The molecular formula is C16H12ClF3N2O2. The van der Waals surface area contributed by atoms with E-state index >= 15 is 0 Å². The Kier molecular flexibility index (Phi) is 5.81. The van der Waals surface area contributed by atoms with Gasteiger partial charge in [-0.25, -0.2) is 0 Å². The van der Waals surface area contributed by atoms with E-state index in [0.717, 1.165) is 23.8 Å². The topological polar surface area (TPSA) is 50.7 Å². The van der Waals surface area contributed by atoms with E-state index in [9.17, 15) is 18.0 Å². The SMILES string of the molecule is O=C(CON=Cc1ccccc1)Nc1cc(C(F)(F)F)ccc1Cl. The smallest absolute Gasteiger partial charge is 0.386 e. The molecule has 8 heteroatoms. The summed E-state index contributed by atoms with van der Waals surface area (Å²) in [6, 6.07) is 11.7. The first kappa shape index (κ1) is 17.8. The van der Waals surface area contributed by atoms with Crippen LogP contribution in [-0.2, 0) is 15.8 Å². The van der Waals surface area contributed by atoms with Crippen molar-refractivity contribution in [1.29, 1.82) is 0 Å². The summed E-state index contributed by atoms with van der Waals surface area (Å²) in [6.07, 6.45) is -3.12. The van der Waals surface area contributed by atoms with E-state index in [4.69, 9.17) is 16.4 Å². The second-order valence-electron chi connectivity index (χ2n) is 4.66. The maximum absolute atomic E-state index is 12.6. The van der Waals surface area contributed by atoms with Crippen LogP contribution in [0, 0.1) is 0 Å². The van der Waals surface area contributed by atoms with Crippen molar-refractivity contribution in [3.8, 4) is 0 Å². The van der Waals surface area contributed by atoms with E-state index in [1.165, 1.54) is 6.21 Å². The molecule has 24 heavy (non-hydrogen) atoms. The minimum atomic E-state index is -4.53. The van der Waals surface area contributed by atoms with Gasteiger partial charge in [-0.1, -0.05) is 47.1 Å². The Balaban J connectivity index is 1.92. The third kappa shape index (κ3) is 5.27. The summed E-state index contributed by atoms with van der Waals surface area (Å²) in [5.41, 5.74) is -0.281. The van der Waals surface area contributed by atoms with Gasteiger partial charge >= 0.3 is 6.18 Å². The zero-order chi connectivity index (χ0) is 17.6. The van der Waals surface area contributed by atoms with Crippen LogP contribution in [0.4, 0.5) is 18.9 Å². The molecular weight excluding hydrogens is 345 g/mol. The van der Waals surface area contributed by atoms with Gasteiger partial charge in [0.25, 0.3) is 5.91 Å². The standard InChI is InChI=1S/C16H12ClF3N2O2/c17-13-7-6-12(16(18,19)20)8-14(13)22-15(23)10-24-21-9-11-4-2-1-3-5-11/h1-9H,10H2,(H,22,23). The predicted molar refractivity (Wildman–Crippen MR) is 85.1 cm³/mol. The predicted octanol–water partition coefficient (Wildman–Crippen LogP) is 4.35. The van der Waals surface area contributed by atoms with Crippen molar-refractivity contribution in [3.05, 3.63) is 64.7 Å². The van der Waals surface area contributed by atoms with Gasteiger partial charge in [0.1, 0.15) is 0 Å². The van der Waals surface area contributed by atoms with E-state index in [1.54, 1.807) is 12.1 Å². The van der Waals surface area contributed by atoms with Gasteiger partial charge in [-0.3, -0.25) is 4.79 Å². The summed E-state index contributed by atoms with van der Waals surface area (Å²) in [5, 5.41) is 5.85. The van der Waals surface area contributed by atoms with Crippen molar-refractivity contribution in [3.63, 3.8) is 0 Å². The highest BCUT2D eigenvalue weighted by Crippen LogP contribution is 2.33. The van der Waals surface area contributed by atoms with Crippen LogP contribution in [0.1, 0.15) is 11.1 Å². The van der Waals surface area contributed by atoms with Crippen LogP contribution in [0.3, 0.4) is 0 Å². The lowest BCUT2D eigenvalue weighted by Crippen LogP contribution is -2.18. The molecule has 0 aliphatic carbocycles. The molecule has 1 amide bonds. The Labute approximate surface area is 140 Å². The number of benzene rings is 2. The highest BCUT2D eigenvalue weighted by molar-refractivity contribution is 6.33. The fraction of sp³-hybridized carbons (Fsp3) is 0.125. The lowest BCUT2D eigenvalue weighted by molar-refractivity contribution is -0.137. The molecule has 0 aliphatic rings. The Morgan fingerprint density at radius 2 is 1.92 bits per heavy atom. The van der Waals surface area contributed by atoms with Crippen molar-refractivity contribution in [2.75, 3.05) is 11.9 Å². The second kappa shape index (κ2) is 7.83. The van der Waals surface area contributed by atoms with E-state index in [2.05, 4.69) is 10.5 Å². The average molecular weight is 357 g/mol. The molecule has 0 aliphatic heterocycles. The Morgan fingerprint density at radius 1 is 1.21 bits per heavy atom. The largest absolute Gasteiger partial charge is 0.416 e. The summed E-state index contributed by atoms with van der Waals surface area (Å²) in [6.45, 7) is -0.462. The molecule has 0 saturated carbocycles. The van der Waals surface area contributed by atoms with Crippen molar-refractivity contribution in [2.45, 2.75) is 6.18 Å². The van der Waals surface area contributed by atoms with Crippen LogP contribution in [0.15, 0.2) is 53.7 Å². The first-order valence-electron chi connectivity index (χ1n) is 6.73. The number of nitrogens with one attached hydrogen (secondary N) is 1. The number of amides is 1. The van der Waals surface area contributed by atoms with E-state index in [1.807, 2.05) is 18.2 Å². The van der Waals surface area contributed by atoms with Crippen LogP contribution in [0.2, 0.25) is 5.02 Å². The summed E-state index contributed by atoms with van der Waals surface area (Å²) in [5.74, 6) is -0.679. The van der Waals surface area contributed by atoms with Gasteiger partial charge in [0, 0.05) is 0 Å². The van der Waals surface area contributed by atoms with Gasteiger partial charge in [0.05, 0.1) is 22.5 Å². The molecule has 2 aromatic rings. The minimum absolute atomic E-state index is 0.0101. The highest BCUT2D eigenvalue weighted by Gasteiger charge is 2.31. The fourth-order valence-electron chi connectivity index (χ4n) is 1.72. The minimum Gasteiger partial charge on any atom is -0.386 e. The molecule has 0 aromatic heterocycles. The normalized spacial score (nSPS) is 11.5. The summed E-state index contributed by atoms with van der Waals surface area (Å²) >= 11 is 5.78. The quantitative estimate of drug-likeness (QED) is 0.639. The van der Waals surface area contributed by atoms with Gasteiger partial charge in [0.2, 0.25) is 0 Å². The van der Waals surface area contributed by atoms with Gasteiger partial charge in [0.15, 0.2) is 6.61 Å². The Hall–Kier alpha value is -2.54. The number of hydrogen-bond acceptors (Lipinski definition) is 3. The van der Waals surface area contributed by atoms with Crippen LogP contribution < -0.4 is 5.32 Å². The number of carbonyl (C=O) groups excluding carboxylic acids is 1. The van der Waals surface area contributed by atoms with E-state index in [-0.39, 0.29) is 10.7 Å². The summed E-state index contributed by atoms with van der Waals surface area (Å²) in [4.78, 5) is 16.5. The number of oxime groups is 1. The average Bonchev–Trinajstić information content (AvgIpc) is 2.53. The Bertz CT molecular complexity index is 734. The fourth-order valence-corrected chi connectivity index (χ4v) is 1.88. The highest BCUT2D eigenvalue weighted by atomic mass is 35.5. The number of anilines is 1. The maximum atomic E-state index is 12.6. The molecule has 0 bridgehead atoms. The number of hydrogen-bond donors (Lipinski definition) is 1. The molecule has 4 nitrogen and oxygen atoms in total. The van der Waals surface area contributed by atoms with Gasteiger partial charge in [-0.15, -0.1) is 0 Å². The van der Waals surface area contributed by atoms with Crippen molar-refractivity contribution in [1.82, 2.24) is 0 Å². The molecule has 2 aromatic carbocycles. The number of carbonyl (C=O) groups is 1. The molecule has 0 fully saturated rings. The lowest BCUT2D eigenvalue weighted by atomic mass is 10.2. The zero-order valence-corrected chi connectivity index (χ0v) is 12.9. The Morgan fingerprint density at radius 3 is 2.58 bits per heavy atom. The number of nitrogens with zero attached hydrogens (tertiary/aromatic N) is 1. The molecule has 126 valence electrons. The van der Waals surface area contributed by atoms with Gasteiger partial charge in [-0.05, 0) is 23.8 Å². The molecule has 1 N–H and O–H groups in total. The first-order valence-corrected chi connectivity index (χ1v) is 7.11. The lowest BCUT2D eigenvalue weighted by Gasteiger charge is -2.11. The van der Waals surface area contributed by atoms with Crippen molar-refractivity contribution >= 4 is 29.4 Å². The zero-order valence-electron chi connectivity index (χ0n) is 12.2. The molecule has 0 spiro atoms. The van der Waals surface area contributed by atoms with Crippen LogP contribution in [-0.4, -0.2) is 18.7 Å². The first-order chi connectivity index (χ1) is 11.4.